The molecular weight excluding hydrogens is 395 g/mol. The van der Waals surface area contributed by atoms with Crippen LogP contribution in [0.4, 0.5) is 0 Å². The average molecular weight is 409 g/mol. The number of pyridine rings is 1. The molecule has 0 saturated heterocycles. The van der Waals surface area contributed by atoms with E-state index in [1.54, 1.807) is 10.9 Å². The highest BCUT2D eigenvalue weighted by Gasteiger charge is 2.18. The van der Waals surface area contributed by atoms with E-state index < -0.39 is 0 Å². The Kier molecular flexibility index (Phi) is 4.66. The smallest absolute Gasteiger partial charge is 0.0847 e. The largest absolute Gasteiger partial charge is 0.322 e. The topological polar surface area (TPSA) is 56.7 Å². The zero-order chi connectivity index (χ0) is 14.2. The van der Waals surface area contributed by atoms with Gasteiger partial charge in [0, 0.05) is 28.6 Å². The van der Waals surface area contributed by atoms with Crippen molar-refractivity contribution in [1.29, 1.82) is 0 Å². The SMILES string of the molecule is Cc1nn(C)c(CC(N)c2ncc(Br)cc2Br)c1Cl. The van der Waals surface area contributed by atoms with E-state index >= 15 is 0 Å². The van der Waals surface area contributed by atoms with Gasteiger partial charge in [-0.05, 0) is 44.8 Å². The van der Waals surface area contributed by atoms with Gasteiger partial charge in [-0.2, -0.15) is 5.10 Å². The molecule has 19 heavy (non-hydrogen) atoms. The highest BCUT2D eigenvalue weighted by Crippen LogP contribution is 2.28. The van der Waals surface area contributed by atoms with Crippen LogP contribution >= 0.6 is 43.5 Å². The number of nitrogens with two attached hydrogens (primary N) is 1. The van der Waals surface area contributed by atoms with Crippen molar-refractivity contribution in [2.45, 2.75) is 19.4 Å². The van der Waals surface area contributed by atoms with Gasteiger partial charge in [-0.15, -0.1) is 0 Å². The van der Waals surface area contributed by atoms with Gasteiger partial charge in [0.25, 0.3) is 0 Å². The predicted molar refractivity (Wildman–Crippen MR) is 83.2 cm³/mol. The lowest BCUT2D eigenvalue weighted by Gasteiger charge is -2.13. The Labute approximate surface area is 133 Å². The summed E-state index contributed by atoms with van der Waals surface area (Å²) >= 11 is 13.1. The van der Waals surface area contributed by atoms with Crippen molar-refractivity contribution in [3.8, 4) is 0 Å². The molecular formula is C12H13Br2ClN4. The second kappa shape index (κ2) is 5.91. The van der Waals surface area contributed by atoms with E-state index in [1.807, 2.05) is 20.0 Å². The lowest BCUT2D eigenvalue weighted by atomic mass is 10.1. The summed E-state index contributed by atoms with van der Waals surface area (Å²) in [4.78, 5) is 4.35. The molecule has 102 valence electrons. The number of rotatable bonds is 3. The molecule has 2 aromatic rings. The summed E-state index contributed by atoms with van der Waals surface area (Å²) in [5.41, 5.74) is 8.76. The van der Waals surface area contributed by atoms with Gasteiger partial charge in [-0.1, -0.05) is 11.6 Å². The number of aromatic nitrogens is 3. The zero-order valence-electron chi connectivity index (χ0n) is 10.5. The summed E-state index contributed by atoms with van der Waals surface area (Å²) in [7, 11) is 1.87. The maximum absolute atomic E-state index is 6.23. The van der Waals surface area contributed by atoms with Crippen LogP contribution in [0, 0.1) is 6.92 Å². The van der Waals surface area contributed by atoms with Crippen LogP contribution in [-0.2, 0) is 13.5 Å². The minimum Gasteiger partial charge on any atom is -0.322 e. The van der Waals surface area contributed by atoms with Crippen molar-refractivity contribution in [2.75, 3.05) is 0 Å². The van der Waals surface area contributed by atoms with Gasteiger partial charge in [-0.3, -0.25) is 9.67 Å². The second-order valence-electron chi connectivity index (χ2n) is 4.30. The first-order valence-electron chi connectivity index (χ1n) is 5.64. The lowest BCUT2D eigenvalue weighted by Crippen LogP contribution is -2.17. The van der Waals surface area contributed by atoms with Crippen LogP contribution in [0.5, 0.6) is 0 Å². The summed E-state index contributed by atoms with van der Waals surface area (Å²) in [5, 5.41) is 4.96. The predicted octanol–water partition coefficient (Wildman–Crippen LogP) is 3.54. The number of hydrogen-bond donors (Lipinski definition) is 1. The minimum absolute atomic E-state index is 0.241. The van der Waals surface area contributed by atoms with Crippen molar-refractivity contribution < 1.29 is 0 Å². The van der Waals surface area contributed by atoms with E-state index in [0.717, 1.165) is 26.0 Å². The maximum Gasteiger partial charge on any atom is 0.0847 e. The molecule has 0 bridgehead atoms. The van der Waals surface area contributed by atoms with Crippen LogP contribution in [0.25, 0.3) is 0 Å². The Morgan fingerprint density at radius 2 is 2.16 bits per heavy atom. The quantitative estimate of drug-likeness (QED) is 0.845. The fraction of sp³-hybridized carbons (Fsp3) is 0.333. The van der Waals surface area contributed by atoms with Crippen LogP contribution in [0.15, 0.2) is 21.2 Å². The summed E-state index contributed by atoms with van der Waals surface area (Å²) < 4.78 is 3.55. The molecule has 4 nitrogen and oxygen atoms in total. The number of nitrogens with zero attached hydrogens (tertiary/aromatic N) is 3. The molecule has 0 aromatic carbocycles. The van der Waals surface area contributed by atoms with Gasteiger partial charge in [0.05, 0.1) is 28.1 Å². The highest BCUT2D eigenvalue weighted by molar-refractivity contribution is 9.11. The van der Waals surface area contributed by atoms with E-state index in [4.69, 9.17) is 17.3 Å². The van der Waals surface area contributed by atoms with E-state index in [1.165, 1.54) is 0 Å². The second-order valence-corrected chi connectivity index (χ2v) is 6.45. The first-order chi connectivity index (χ1) is 8.90. The molecule has 0 radical (unpaired) electrons. The summed E-state index contributed by atoms with van der Waals surface area (Å²) in [5.74, 6) is 0. The molecule has 7 heteroatoms. The molecule has 1 atom stereocenters. The standard InChI is InChI=1S/C12H13Br2ClN4/c1-6-11(15)10(19(2)18-6)4-9(16)12-8(14)3-7(13)5-17-12/h3,5,9H,4,16H2,1-2H3. The van der Waals surface area contributed by atoms with Gasteiger partial charge in [0.1, 0.15) is 0 Å². The third kappa shape index (κ3) is 3.18. The molecule has 0 amide bonds. The lowest BCUT2D eigenvalue weighted by molar-refractivity contribution is 0.626. The molecule has 0 aliphatic heterocycles. The van der Waals surface area contributed by atoms with E-state index in [2.05, 4.69) is 41.9 Å². The van der Waals surface area contributed by atoms with Crippen LogP contribution < -0.4 is 5.73 Å². The Balaban J connectivity index is 2.28. The highest BCUT2D eigenvalue weighted by atomic mass is 79.9. The molecule has 0 fully saturated rings. The Bertz CT molecular complexity index is 612. The van der Waals surface area contributed by atoms with E-state index in [-0.39, 0.29) is 6.04 Å². The Hall–Kier alpha value is -0.430. The molecule has 0 aliphatic carbocycles. The van der Waals surface area contributed by atoms with Crippen molar-refractivity contribution in [2.24, 2.45) is 12.8 Å². The van der Waals surface area contributed by atoms with Crippen LogP contribution in [0.3, 0.4) is 0 Å². The molecule has 0 aliphatic rings. The first-order valence-corrected chi connectivity index (χ1v) is 7.61. The fourth-order valence-electron chi connectivity index (χ4n) is 1.90. The molecule has 0 saturated carbocycles. The van der Waals surface area contributed by atoms with Crippen molar-refractivity contribution in [3.63, 3.8) is 0 Å². The van der Waals surface area contributed by atoms with Gasteiger partial charge in [0.2, 0.25) is 0 Å². The van der Waals surface area contributed by atoms with Gasteiger partial charge >= 0.3 is 0 Å². The van der Waals surface area contributed by atoms with Crippen molar-refractivity contribution in [1.82, 2.24) is 14.8 Å². The average Bonchev–Trinajstić information content (AvgIpc) is 2.56. The third-order valence-electron chi connectivity index (χ3n) is 2.86. The van der Waals surface area contributed by atoms with Gasteiger partial charge in [0.15, 0.2) is 0 Å². The summed E-state index contributed by atoms with van der Waals surface area (Å²) in [6.45, 7) is 1.88. The Morgan fingerprint density at radius 1 is 1.47 bits per heavy atom. The van der Waals surface area contributed by atoms with Gasteiger partial charge < -0.3 is 5.73 Å². The number of halogens is 3. The van der Waals surface area contributed by atoms with Crippen molar-refractivity contribution in [3.05, 3.63) is 43.3 Å². The van der Waals surface area contributed by atoms with Gasteiger partial charge in [-0.25, -0.2) is 0 Å². The molecule has 2 rings (SSSR count). The molecule has 2 aromatic heterocycles. The summed E-state index contributed by atoms with van der Waals surface area (Å²) in [6, 6.07) is 1.69. The van der Waals surface area contributed by atoms with Crippen LogP contribution in [0.2, 0.25) is 5.02 Å². The van der Waals surface area contributed by atoms with E-state index in [0.29, 0.717) is 11.4 Å². The first kappa shape index (κ1) is 15.0. The minimum atomic E-state index is -0.241. The zero-order valence-corrected chi connectivity index (χ0v) is 14.4. The number of hydrogen-bond acceptors (Lipinski definition) is 3. The monoisotopic (exact) mass is 406 g/mol. The normalized spacial score (nSPS) is 12.7. The fourth-order valence-corrected chi connectivity index (χ4v) is 3.42. The third-order valence-corrected chi connectivity index (χ3v) is 4.42. The maximum atomic E-state index is 6.23. The summed E-state index contributed by atoms with van der Waals surface area (Å²) in [6.07, 6.45) is 2.32. The molecule has 1 unspecified atom stereocenters. The Morgan fingerprint density at radius 3 is 2.68 bits per heavy atom. The molecule has 2 N–H and O–H groups in total. The van der Waals surface area contributed by atoms with Crippen LogP contribution in [-0.4, -0.2) is 14.8 Å². The number of aryl methyl sites for hydroxylation is 2. The van der Waals surface area contributed by atoms with Crippen molar-refractivity contribution >= 4 is 43.5 Å². The van der Waals surface area contributed by atoms with E-state index in [9.17, 15) is 0 Å². The van der Waals surface area contributed by atoms with Crippen LogP contribution in [0.1, 0.15) is 23.1 Å². The molecule has 0 spiro atoms. The molecule has 2 heterocycles.